The van der Waals surface area contributed by atoms with Crippen molar-refractivity contribution in [3.05, 3.63) is 283 Å². The van der Waals surface area contributed by atoms with Crippen molar-refractivity contribution < 1.29 is 4.42 Å². The second-order valence-electron chi connectivity index (χ2n) is 18.2. The SMILES string of the molecule is c1ccc(-c2ccccc2-c2c(-c3ccccc3)cccc2N(c2ccc(-c3cccc4c3oc3ccccc34)cc2)c2cccc3c2-c2ccccc2C32c3ccccc3-c3ccccc32)cc1. The molecule has 1 heterocycles. The predicted molar refractivity (Wildman–Crippen MR) is 286 cm³/mol. The molecule has 2 heteroatoms. The van der Waals surface area contributed by atoms with Crippen molar-refractivity contribution in [2.45, 2.75) is 5.41 Å². The van der Waals surface area contributed by atoms with E-state index in [2.05, 4.69) is 260 Å². The number of anilines is 3. The van der Waals surface area contributed by atoms with Crippen molar-refractivity contribution in [2.75, 3.05) is 4.90 Å². The van der Waals surface area contributed by atoms with E-state index >= 15 is 0 Å². The number of benzene rings is 11. The fourth-order valence-corrected chi connectivity index (χ4v) is 11.9. The molecule has 1 spiro atoms. The Labute approximate surface area is 401 Å². The zero-order valence-electron chi connectivity index (χ0n) is 37.7. The van der Waals surface area contributed by atoms with Gasteiger partial charge in [-0.1, -0.05) is 231 Å². The van der Waals surface area contributed by atoms with E-state index in [1.54, 1.807) is 0 Å². The second-order valence-corrected chi connectivity index (χ2v) is 18.2. The van der Waals surface area contributed by atoms with Crippen LogP contribution in [0.4, 0.5) is 17.1 Å². The molecule has 1 aromatic heterocycles. The molecular weight excluding hydrogens is 835 g/mol. The minimum Gasteiger partial charge on any atom is -0.455 e. The Morgan fingerprint density at radius 3 is 1.42 bits per heavy atom. The van der Waals surface area contributed by atoms with E-state index in [4.69, 9.17) is 4.42 Å². The van der Waals surface area contributed by atoms with Gasteiger partial charge in [0.2, 0.25) is 0 Å². The zero-order valence-corrected chi connectivity index (χ0v) is 37.7. The summed E-state index contributed by atoms with van der Waals surface area (Å²) in [4.78, 5) is 2.54. The van der Waals surface area contributed by atoms with E-state index in [0.717, 1.165) is 66.8 Å². The highest BCUT2D eigenvalue weighted by Gasteiger charge is 2.52. The molecule has 2 aliphatic rings. The van der Waals surface area contributed by atoms with Crippen LogP contribution in [-0.2, 0) is 5.41 Å². The molecule has 2 nitrogen and oxygen atoms in total. The smallest absolute Gasteiger partial charge is 0.143 e. The van der Waals surface area contributed by atoms with Gasteiger partial charge in [-0.05, 0) is 103 Å². The van der Waals surface area contributed by atoms with Crippen LogP contribution in [0.15, 0.2) is 265 Å². The normalized spacial score (nSPS) is 12.8. The summed E-state index contributed by atoms with van der Waals surface area (Å²) in [7, 11) is 0. The van der Waals surface area contributed by atoms with Crippen LogP contribution in [-0.4, -0.2) is 0 Å². The molecule has 12 aromatic rings. The highest BCUT2D eigenvalue weighted by Crippen LogP contribution is 2.65. The summed E-state index contributed by atoms with van der Waals surface area (Å²) >= 11 is 0. The fraction of sp³-hybridized carbons (Fsp3) is 0.0149. The Kier molecular flexibility index (Phi) is 8.84. The first-order valence-corrected chi connectivity index (χ1v) is 23.8. The molecule has 69 heavy (non-hydrogen) atoms. The Morgan fingerprint density at radius 2 is 0.725 bits per heavy atom. The number of fused-ring (bicyclic) bond motifs is 13. The summed E-state index contributed by atoms with van der Waals surface area (Å²) in [6, 6.07) is 95.6. The van der Waals surface area contributed by atoms with Gasteiger partial charge in [0.25, 0.3) is 0 Å². The van der Waals surface area contributed by atoms with Crippen LogP contribution >= 0.6 is 0 Å². The molecule has 0 saturated carbocycles. The first-order valence-electron chi connectivity index (χ1n) is 23.8. The number of hydrogen-bond donors (Lipinski definition) is 0. The summed E-state index contributed by atoms with van der Waals surface area (Å²) in [6.07, 6.45) is 0. The van der Waals surface area contributed by atoms with Gasteiger partial charge >= 0.3 is 0 Å². The van der Waals surface area contributed by atoms with Crippen LogP contribution in [0, 0.1) is 0 Å². The quantitative estimate of drug-likeness (QED) is 0.159. The van der Waals surface area contributed by atoms with E-state index in [9.17, 15) is 0 Å². The van der Waals surface area contributed by atoms with Gasteiger partial charge in [0.1, 0.15) is 11.2 Å². The summed E-state index contributed by atoms with van der Waals surface area (Å²) in [5, 5.41) is 2.25. The summed E-state index contributed by atoms with van der Waals surface area (Å²) < 4.78 is 6.59. The standard InChI is InChI=1S/C67H43NO/c1-3-20-44(21-4-1)48-24-7-8-28-54(48)64-49(45-22-5-2-6-23-45)30-18-37-61(64)68(47-42-40-46(41-43-47)50-31-17-32-55-53-27-12-16-39-63(53)69-66(50)55)62-38-19-36-60-65(62)56-29-11-15-35-59(56)67(60)57-33-13-9-25-51(57)52-26-10-14-34-58(52)67/h1-43H. The number of hydrogen-bond acceptors (Lipinski definition) is 2. The van der Waals surface area contributed by atoms with E-state index in [0.29, 0.717) is 0 Å². The van der Waals surface area contributed by atoms with Gasteiger partial charge in [0.15, 0.2) is 0 Å². The van der Waals surface area contributed by atoms with Crippen molar-refractivity contribution in [1.29, 1.82) is 0 Å². The number of nitrogens with zero attached hydrogens (tertiary/aromatic N) is 1. The van der Waals surface area contributed by atoms with Gasteiger partial charge in [0.05, 0.1) is 16.8 Å². The van der Waals surface area contributed by atoms with Gasteiger partial charge in [-0.2, -0.15) is 0 Å². The average Bonchev–Trinajstić information content (AvgIpc) is 4.06. The second kappa shape index (κ2) is 15.6. The lowest BCUT2D eigenvalue weighted by Crippen LogP contribution is -2.26. The lowest BCUT2D eigenvalue weighted by molar-refractivity contribution is 0.670. The largest absolute Gasteiger partial charge is 0.455 e. The maximum Gasteiger partial charge on any atom is 0.143 e. The van der Waals surface area contributed by atoms with E-state index in [-0.39, 0.29) is 0 Å². The van der Waals surface area contributed by atoms with E-state index < -0.39 is 5.41 Å². The third-order valence-corrected chi connectivity index (χ3v) is 14.7. The molecule has 0 unspecified atom stereocenters. The number of furan rings is 1. The molecule has 322 valence electrons. The highest BCUT2D eigenvalue weighted by atomic mass is 16.3. The third-order valence-electron chi connectivity index (χ3n) is 14.7. The van der Waals surface area contributed by atoms with Gasteiger partial charge in [-0.3, -0.25) is 0 Å². The molecule has 2 aliphatic carbocycles. The molecule has 0 amide bonds. The summed E-state index contributed by atoms with van der Waals surface area (Å²) in [6.45, 7) is 0. The van der Waals surface area contributed by atoms with Gasteiger partial charge in [-0.25, -0.2) is 0 Å². The Hall–Kier alpha value is -8.98. The summed E-state index contributed by atoms with van der Waals surface area (Å²) in [5.41, 5.74) is 24.1. The van der Waals surface area contributed by atoms with Crippen LogP contribution in [0.25, 0.3) is 88.7 Å². The van der Waals surface area contributed by atoms with Crippen molar-refractivity contribution in [2.24, 2.45) is 0 Å². The maximum absolute atomic E-state index is 6.59. The van der Waals surface area contributed by atoms with Gasteiger partial charge < -0.3 is 9.32 Å². The summed E-state index contributed by atoms with van der Waals surface area (Å²) in [5.74, 6) is 0. The Bertz CT molecular complexity index is 3910. The number of para-hydroxylation sites is 2. The Balaban J connectivity index is 1.07. The molecule has 0 saturated heterocycles. The lowest BCUT2D eigenvalue weighted by Gasteiger charge is -2.33. The van der Waals surface area contributed by atoms with Crippen molar-refractivity contribution >= 4 is 39.0 Å². The lowest BCUT2D eigenvalue weighted by atomic mass is 9.70. The minimum atomic E-state index is -0.495. The Morgan fingerprint density at radius 1 is 0.275 bits per heavy atom. The minimum absolute atomic E-state index is 0.495. The van der Waals surface area contributed by atoms with Crippen molar-refractivity contribution in [3.63, 3.8) is 0 Å². The maximum atomic E-state index is 6.59. The molecule has 0 bridgehead atoms. The highest BCUT2D eigenvalue weighted by molar-refractivity contribution is 6.10. The van der Waals surface area contributed by atoms with Crippen LogP contribution < -0.4 is 4.90 Å². The third kappa shape index (κ3) is 5.79. The van der Waals surface area contributed by atoms with Crippen molar-refractivity contribution in [1.82, 2.24) is 0 Å². The molecule has 0 N–H and O–H groups in total. The van der Waals surface area contributed by atoms with E-state index in [1.165, 1.54) is 61.2 Å². The molecule has 0 fully saturated rings. The molecule has 0 atom stereocenters. The molecule has 11 aromatic carbocycles. The van der Waals surface area contributed by atoms with Gasteiger partial charge in [-0.15, -0.1) is 0 Å². The molecule has 0 radical (unpaired) electrons. The zero-order chi connectivity index (χ0) is 45.5. The fourth-order valence-electron chi connectivity index (χ4n) is 11.9. The first kappa shape index (κ1) is 39.2. The van der Waals surface area contributed by atoms with Crippen molar-refractivity contribution in [3.8, 4) is 66.8 Å². The number of rotatable bonds is 7. The average molecular weight is 878 g/mol. The van der Waals surface area contributed by atoms with Crippen LogP contribution in [0.2, 0.25) is 0 Å². The monoisotopic (exact) mass is 877 g/mol. The topological polar surface area (TPSA) is 16.4 Å². The predicted octanol–water partition coefficient (Wildman–Crippen LogP) is 18.1. The van der Waals surface area contributed by atoms with Gasteiger partial charge in [0, 0.05) is 33.2 Å². The van der Waals surface area contributed by atoms with E-state index in [1.807, 2.05) is 6.07 Å². The molecule has 0 aliphatic heterocycles. The molecule has 14 rings (SSSR count). The van der Waals surface area contributed by atoms with Crippen LogP contribution in [0.5, 0.6) is 0 Å². The molecular formula is C67H43NO. The van der Waals surface area contributed by atoms with Crippen LogP contribution in [0.3, 0.4) is 0 Å². The first-order chi connectivity index (χ1) is 34.3. The van der Waals surface area contributed by atoms with Crippen LogP contribution in [0.1, 0.15) is 22.3 Å².